The van der Waals surface area contributed by atoms with E-state index in [1.54, 1.807) is 17.5 Å². The molecule has 0 saturated carbocycles. The van der Waals surface area contributed by atoms with Crippen molar-refractivity contribution in [3.8, 4) is 0 Å². The zero-order valence-corrected chi connectivity index (χ0v) is 11.1. The van der Waals surface area contributed by atoms with E-state index >= 15 is 0 Å². The number of hydrogen-bond acceptors (Lipinski definition) is 3. The lowest BCUT2D eigenvalue weighted by molar-refractivity contribution is 1.17. The monoisotopic (exact) mass is 274 g/mol. The predicted molar refractivity (Wildman–Crippen MR) is 78.4 cm³/mol. The van der Waals surface area contributed by atoms with Gasteiger partial charge in [0.15, 0.2) is 0 Å². The fourth-order valence-corrected chi connectivity index (χ4v) is 3.02. The van der Waals surface area contributed by atoms with Crippen LogP contribution in [0.4, 0.5) is 5.69 Å². The minimum atomic E-state index is 0.509. The average Bonchev–Trinajstić information content (AvgIpc) is 2.80. The Balaban J connectivity index is 1.81. The lowest BCUT2D eigenvalue weighted by atomic mass is 10.2. The molecule has 1 aromatic carbocycles. The van der Waals surface area contributed by atoms with Gasteiger partial charge in [-0.15, -0.1) is 11.3 Å². The molecule has 0 radical (unpaired) electrons. The Bertz CT molecular complexity index is 678. The van der Waals surface area contributed by atoms with Crippen molar-refractivity contribution in [2.24, 2.45) is 0 Å². The number of rotatable bonds is 3. The molecule has 4 heteroatoms. The van der Waals surface area contributed by atoms with Crippen molar-refractivity contribution in [1.82, 2.24) is 4.98 Å². The Morgan fingerprint density at radius 2 is 2.11 bits per heavy atom. The molecular weight excluding hydrogens is 264 g/mol. The summed E-state index contributed by atoms with van der Waals surface area (Å²) in [5.41, 5.74) is 2.30. The van der Waals surface area contributed by atoms with Crippen LogP contribution in [0.1, 0.15) is 5.56 Å². The second-order valence-corrected chi connectivity index (χ2v) is 5.28. The van der Waals surface area contributed by atoms with Crippen molar-refractivity contribution in [2.45, 2.75) is 6.54 Å². The van der Waals surface area contributed by atoms with Crippen LogP contribution in [0.5, 0.6) is 0 Å². The maximum atomic E-state index is 5.85. The Labute approximate surface area is 114 Å². The van der Waals surface area contributed by atoms with E-state index in [0.29, 0.717) is 5.15 Å². The molecule has 0 amide bonds. The van der Waals surface area contributed by atoms with Crippen LogP contribution in [0.25, 0.3) is 10.1 Å². The molecule has 90 valence electrons. The van der Waals surface area contributed by atoms with Crippen LogP contribution in [0.15, 0.2) is 48.0 Å². The molecule has 2 aromatic heterocycles. The summed E-state index contributed by atoms with van der Waals surface area (Å²) in [5, 5.41) is 7.38. The number of aromatic nitrogens is 1. The van der Waals surface area contributed by atoms with Crippen LogP contribution in [-0.4, -0.2) is 4.98 Å². The van der Waals surface area contributed by atoms with E-state index in [2.05, 4.69) is 39.9 Å². The summed E-state index contributed by atoms with van der Waals surface area (Å²) < 4.78 is 1.32. The van der Waals surface area contributed by atoms with Gasteiger partial charge in [-0.1, -0.05) is 29.8 Å². The SMILES string of the molecule is Clc1cc(NCc2csc3ccccc23)ccn1. The minimum absolute atomic E-state index is 0.509. The highest BCUT2D eigenvalue weighted by Gasteiger charge is 2.03. The highest BCUT2D eigenvalue weighted by molar-refractivity contribution is 7.17. The van der Waals surface area contributed by atoms with E-state index in [1.807, 2.05) is 12.1 Å². The van der Waals surface area contributed by atoms with E-state index < -0.39 is 0 Å². The molecule has 0 aliphatic heterocycles. The summed E-state index contributed by atoms with van der Waals surface area (Å²) >= 11 is 7.63. The van der Waals surface area contributed by atoms with Crippen molar-refractivity contribution < 1.29 is 0 Å². The van der Waals surface area contributed by atoms with Gasteiger partial charge in [0.1, 0.15) is 5.15 Å². The standard InChI is InChI=1S/C14H11ClN2S/c15-14-7-11(5-6-16-14)17-8-10-9-18-13-4-2-1-3-12(10)13/h1-7,9H,8H2,(H,16,17). The number of hydrogen-bond donors (Lipinski definition) is 1. The number of nitrogens with one attached hydrogen (secondary N) is 1. The topological polar surface area (TPSA) is 24.9 Å². The summed E-state index contributed by atoms with van der Waals surface area (Å²) in [5.74, 6) is 0. The summed E-state index contributed by atoms with van der Waals surface area (Å²) in [4.78, 5) is 3.96. The van der Waals surface area contributed by atoms with Crippen LogP contribution in [0.2, 0.25) is 5.15 Å². The molecule has 0 saturated heterocycles. The van der Waals surface area contributed by atoms with Gasteiger partial charge in [0.2, 0.25) is 0 Å². The van der Waals surface area contributed by atoms with E-state index in [0.717, 1.165) is 12.2 Å². The number of nitrogens with zero attached hydrogens (tertiary/aromatic N) is 1. The summed E-state index contributed by atoms with van der Waals surface area (Å²) in [6.45, 7) is 0.796. The molecule has 1 N–H and O–H groups in total. The van der Waals surface area contributed by atoms with Crippen LogP contribution < -0.4 is 5.32 Å². The third kappa shape index (κ3) is 2.33. The van der Waals surface area contributed by atoms with Crippen LogP contribution in [0.3, 0.4) is 0 Å². The summed E-state index contributed by atoms with van der Waals surface area (Å²) in [6, 6.07) is 12.2. The molecule has 0 bridgehead atoms. The first-order valence-corrected chi connectivity index (χ1v) is 6.89. The first-order chi connectivity index (χ1) is 8.83. The number of halogens is 1. The molecule has 3 aromatic rings. The van der Waals surface area contributed by atoms with Gasteiger partial charge in [0, 0.05) is 23.1 Å². The number of thiophene rings is 1. The van der Waals surface area contributed by atoms with Gasteiger partial charge >= 0.3 is 0 Å². The lowest BCUT2D eigenvalue weighted by Gasteiger charge is -2.05. The first kappa shape index (κ1) is 11.5. The van der Waals surface area contributed by atoms with Crippen molar-refractivity contribution >= 4 is 38.7 Å². The maximum Gasteiger partial charge on any atom is 0.131 e. The molecule has 0 spiro atoms. The molecule has 0 aliphatic rings. The van der Waals surface area contributed by atoms with Gasteiger partial charge in [-0.25, -0.2) is 4.98 Å². The van der Waals surface area contributed by atoms with E-state index in [1.165, 1.54) is 15.6 Å². The molecule has 0 aliphatic carbocycles. The van der Waals surface area contributed by atoms with E-state index in [9.17, 15) is 0 Å². The largest absolute Gasteiger partial charge is 0.381 e. The number of benzene rings is 1. The molecule has 3 rings (SSSR count). The molecule has 0 fully saturated rings. The number of pyridine rings is 1. The minimum Gasteiger partial charge on any atom is -0.381 e. The molecule has 18 heavy (non-hydrogen) atoms. The number of fused-ring (bicyclic) bond motifs is 1. The van der Waals surface area contributed by atoms with Gasteiger partial charge in [-0.05, 0) is 34.5 Å². The Hall–Kier alpha value is -1.58. The quantitative estimate of drug-likeness (QED) is 0.708. The molecular formula is C14H11ClN2S. The lowest BCUT2D eigenvalue weighted by Crippen LogP contribution is -1.98. The summed E-state index contributed by atoms with van der Waals surface area (Å²) in [6.07, 6.45) is 1.70. The third-order valence-electron chi connectivity index (χ3n) is 2.77. The molecule has 0 atom stereocenters. The van der Waals surface area contributed by atoms with E-state index in [-0.39, 0.29) is 0 Å². The predicted octanol–water partition coefficient (Wildman–Crippen LogP) is 4.56. The second kappa shape index (κ2) is 4.96. The summed E-state index contributed by atoms with van der Waals surface area (Å²) in [7, 11) is 0. The van der Waals surface area contributed by atoms with Crippen molar-refractivity contribution in [3.05, 3.63) is 58.7 Å². The van der Waals surface area contributed by atoms with Gasteiger partial charge in [-0.2, -0.15) is 0 Å². The van der Waals surface area contributed by atoms with Gasteiger partial charge in [0.25, 0.3) is 0 Å². The Morgan fingerprint density at radius 1 is 1.22 bits per heavy atom. The Morgan fingerprint density at radius 3 is 3.00 bits per heavy atom. The second-order valence-electron chi connectivity index (χ2n) is 3.98. The zero-order chi connectivity index (χ0) is 12.4. The zero-order valence-electron chi connectivity index (χ0n) is 9.56. The Kier molecular flexibility index (Phi) is 3.17. The van der Waals surface area contributed by atoms with Crippen LogP contribution >= 0.6 is 22.9 Å². The fraction of sp³-hybridized carbons (Fsp3) is 0.0714. The maximum absolute atomic E-state index is 5.85. The molecule has 2 heterocycles. The highest BCUT2D eigenvalue weighted by atomic mass is 35.5. The first-order valence-electron chi connectivity index (χ1n) is 5.63. The normalized spacial score (nSPS) is 10.7. The molecule has 0 unspecified atom stereocenters. The van der Waals surface area contributed by atoms with Crippen molar-refractivity contribution in [1.29, 1.82) is 0 Å². The van der Waals surface area contributed by atoms with Crippen LogP contribution in [-0.2, 0) is 6.54 Å². The van der Waals surface area contributed by atoms with Gasteiger partial charge in [0.05, 0.1) is 0 Å². The van der Waals surface area contributed by atoms with E-state index in [4.69, 9.17) is 11.6 Å². The third-order valence-corrected chi connectivity index (χ3v) is 3.99. The fourth-order valence-electron chi connectivity index (χ4n) is 1.88. The molecule has 2 nitrogen and oxygen atoms in total. The highest BCUT2D eigenvalue weighted by Crippen LogP contribution is 2.26. The van der Waals surface area contributed by atoms with Crippen molar-refractivity contribution in [3.63, 3.8) is 0 Å². The number of anilines is 1. The van der Waals surface area contributed by atoms with Crippen LogP contribution in [0, 0.1) is 0 Å². The smallest absolute Gasteiger partial charge is 0.131 e. The van der Waals surface area contributed by atoms with Gasteiger partial charge in [-0.3, -0.25) is 0 Å². The average molecular weight is 275 g/mol. The van der Waals surface area contributed by atoms with Gasteiger partial charge < -0.3 is 5.32 Å². The van der Waals surface area contributed by atoms with Crippen molar-refractivity contribution in [2.75, 3.05) is 5.32 Å².